The molecular weight excluding hydrogens is 335 g/mol. The van der Waals surface area contributed by atoms with E-state index in [4.69, 9.17) is 4.74 Å². The highest BCUT2D eigenvalue weighted by Crippen LogP contribution is 2.24. The standard InChI is InChI=1S/C16H13FN2O4S/c17-11-5-3-10(4-6-11)15-18-12(9-24-15)16(22)23-8-14(21)19-7-1-2-13(19)20/h3-6,9H,1-2,7-8H2. The van der Waals surface area contributed by atoms with Crippen molar-refractivity contribution in [2.45, 2.75) is 12.8 Å². The lowest BCUT2D eigenvalue weighted by molar-refractivity contribution is -0.143. The normalized spacial score (nSPS) is 14.0. The molecule has 0 N–H and O–H groups in total. The van der Waals surface area contributed by atoms with Crippen molar-refractivity contribution in [3.05, 3.63) is 41.2 Å². The van der Waals surface area contributed by atoms with Gasteiger partial charge in [0.2, 0.25) is 5.91 Å². The number of nitrogens with zero attached hydrogens (tertiary/aromatic N) is 2. The molecule has 8 heteroatoms. The molecule has 1 aromatic carbocycles. The van der Waals surface area contributed by atoms with Crippen molar-refractivity contribution >= 4 is 29.1 Å². The van der Waals surface area contributed by atoms with Crippen LogP contribution in [0.5, 0.6) is 0 Å². The summed E-state index contributed by atoms with van der Waals surface area (Å²) < 4.78 is 17.8. The first kappa shape index (κ1) is 16.3. The quantitative estimate of drug-likeness (QED) is 0.792. The lowest BCUT2D eigenvalue weighted by atomic mass is 10.2. The van der Waals surface area contributed by atoms with Crippen LogP contribution in [-0.2, 0) is 14.3 Å². The van der Waals surface area contributed by atoms with Crippen LogP contribution < -0.4 is 0 Å². The number of hydrogen-bond donors (Lipinski definition) is 0. The molecular formula is C16H13FN2O4S. The maximum absolute atomic E-state index is 12.9. The fourth-order valence-electron chi connectivity index (χ4n) is 2.28. The molecule has 124 valence electrons. The van der Waals surface area contributed by atoms with Gasteiger partial charge in [0.15, 0.2) is 12.3 Å². The summed E-state index contributed by atoms with van der Waals surface area (Å²) in [5, 5.41) is 2.05. The first-order valence-electron chi connectivity index (χ1n) is 7.26. The number of carbonyl (C=O) groups is 3. The Morgan fingerprint density at radius 2 is 2.04 bits per heavy atom. The smallest absolute Gasteiger partial charge is 0.358 e. The lowest BCUT2D eigenvalue weighted by Crippen LogP contribution is -2.35. The Morgan fingerprint density at radius 3 is 2.71 bits per heavy atom. The van der Waals surface area contributed by atoms with Gasteiger partial charge >= 0.3 is 5.97 Å². The summed E-state index contributed by atoms with van der Waals surface area (Å²) >= 11 is 1.21. The van der Waals surface area contributed by atoms with E-state index in [2.05, 4.69) is 4.98 Å². The maximum Gasteiger partial charge on any atom is 0.358 e. The minimum atomic E-state index is -0.736. The van der Waals surface area contributed by atoms with Crippen LogP contribution in [0.4, 0.5) is 4.39 Å². The van der Waals surface area contributed by atoms with Gasteiger partial charge in [-0.3, -0.25) is 14.5 Å². The van der Waals surface area contributed by atoms with E-state index >= 15 is 0 Å². The summed E-state index contributed by atoms with van der Waals surface area (Å²) in [6.07, 6.45) is 0.971. The van der Waals surface area contributed by atoms with E-state index in [9.17, 15) is 18.8 Å². The van der Waals surface area contributed by atoms with Gasteiger partial charge in [-0.05, 0) is 30.7 Å². The predicted molar refractivity (Wildman–Crippen MR) is 83.7 cm³/mol. The Morgan fingerprint density at radius 1 is 1.29 bits per heavy atom. The molecule has 0 unspecified atom stereocenters. The Balaban J connectivity index is 1.60. The Kier molecular flexibility index (Phi) is 4.66. The minimum absolute atomic E-state index is 0.0693. The Labute approximate surface area is 140 Å². The second-order valence-corrected chi connectivity index (χ2v) is 6.02. The first-order valence-corrected chi connectivity index (χ1v) is 8.14. The van der Waals surface area contributed by atoms with Gasteiger partial charge in [0, 0.05) is 23.9 Å². The second-order valence-electron chi connectivity index (χ2n) is 5.16. The number of rotatable bonds is 4. The number of hydrogen-bond acceptors (Lipinski definition) is 6. The van der Waals surface area contributed by atoms with Gasteiger partial charge in [-0.2, -0.15) is 0 Å². The molecule has 1 saturated heterocycles. The van der Waals surface area contributed by atoms with E-state index in [1.165, 1.54) is 28.8 Å². The predicted octanol–water partition coefficient (Wildman–Crippen LogP) is 2.25. The van der Waals surface area contributed by atoms with Gasteiger partial charge in [-0.25, -0.2) is 14.2 Å². The van der Waals surface area contributed by atoms with Crippen molar-refractivity contribution < 1.29 is 23.5 Å². The van der Waals surface area contributed by atoms with Gasteiger partial charge in [0.25, 0.3) is 5.91 Å². The van der Waals surface area contributed by atoms with Crippen molar-refractivity contribution in [3.63, 3.8) is 0 Å². The SMILES string of the molecule is O=C(OCC(=O)N1CCCC1=O)c1csc(-c2ccc(F)cc2)n1. The van der Waals surface area contributed by atoms with E-state index in [1.54, 1.807) is 12.1 Å². The summed E-state index contributed by atoms with van der Waals surface area (Å²) in [7, 11) is 0. The maximum atomic E-state index is 12.9. The van der Waals surface area contributed by atoms with Gasteiger partial charge in [0.05, 0.1) is 0 Å². The minimum Gasteiger partial charge on any atom is -0.451 e. The number of halogens is 1. The zero-order chi connectivity index (χ0) is 17.1. The van der Waals surface area contributed by atoms with Crippen LogP contribution in [0.1, 0.15) is 23.3 Å². The van der Waals surface area contributed by atoms with Crippen molar-refractivity contribution in [2.24, 2.45) is 0 Å². The molecule has 2 aromatic rings. The van der Waals surface area contributed by atoms with E-state index in [0.717, 1.165) is 4.90 Å². The molecule has 2 heterocycles. The monoisotopic (exact) mass is 348 g/mol. The summed E-state index contributed by atoms with van der Waals surface area (Å²) in [5.41, 5.74) is 0.749. The van der Waals surface area contributed by atoms with Crippen LogP contribution in [0.15, 0.2) is 29.6 Å². The van der Waals surface area contributed by atoms with Crippen LogP contribution >= 0.6 is 11.3 Å². The fourth-order valence-corrected chi connectivity index (χ4v) is 3.08. The third-order valence-electron chi connectivity index (χ3n) is 3.51. The molecule has 1 fully saturated rings. The van der Waals surface area contributed by atoms with Gasteiger partial charge < -0.3 is 4.74 Å². The number of thiazole rings is 1. The van der Waals surface area contributed by atoms with E-state index in [0.29, 0.717) is 30.0 Å². The van der Waals surface area contributed by atoms with Crippen LogP contribution in [0, 0.1) is 5.82 Å². The first-order chi connectivity index (χ1) is 11.5. The fraction of sp³-hybridized carbons (Fsp3) is 0.250. The van der Waals surface area contributed by atoms with Crippen LogP contribution in [0.25, 0.3) is 10.6 Å². The average molecular weight is 348 g/mol. The zero-order valence-electron chi connectivity index (χ0n) is 12.5. The number of aromatic nitrogens is 1. The third kappa shape index (κ3) is 3.48. The van der Waals surface area contributed by atoms with Crippen LogP contribution in [0.2, 0.25) is 0 Å². The van der Waals surface area contributed by atoms with Crippen molar-refractivity contribution in [2.75, 3.05) is 13.2 Å². The highest BCUT2D eigenvalue weighted by atomic mass is 32.1. The molecule has 0 atom stereocenters. The molecule has 0 bridgehead atoms. The molecule has 3 rings (SSSR count). The molecule has 2 amide bonds. The third-order valence-corrected chi connectivity index (χ3v) is 4.40. The number of ether oxygens (including phenoxy) is 1. The summed E-state index contributed by atoms with van der Waals surface area (Å²) in [5.74, 6) is -1.87. The molecule has 0 radical (unpaired) electrons. The van der Waals surface area contributed by atoms with E-state index < -0.39 is 18.5 Å². The van der Waals surface area contributed by atoms with E-state index in [1.807, 2.05) is 0 Å². The van der Waals surface area contributed by atoms with Crippen molar-refractivity contribution in [1.82, 2.24) is 9.88 Å². The summed E-state index contributed by atoms with van der Waals surface area (Å²) in [4.78, 5) is 40.4. The van der Waals surface area contributed by atoms with Gasteiger partial charge in [-0.15, -0.1) is 11.3 Å². The van der Waals surface area contributed by atoms with Gasteiger partial charge in [0.1, 0.15) is 10.8 Å². The zero-order valence-corrected chi connectivity index (χ0v) is 13.3. The number of likely N-dealkylation sites (tertiary alicyclic amines) is 1. The molecule has 1 aromatic heterocycles. The van der Waals surface area contributed by atoms with Crippen molar-refractivity contribution in [1.29, 1.82) is 0 Å². The van der Waals surface area contributed by atoms with Crippen LogP contribution in [-0.4, -0.2) is 40.8 Å². The van der Waals surface area contributed by atoms with Gasteiger partial charge in [-0.1, -0.05) is 0 Å². The van der Waals surface area contributed by atoms with E-state index in [-0.39, 0.29) is 17.4 Å². The topological polar surface area (TPSA) is 76.6 Å². The van der Waals surface area contributed by atoms with Crippen LogP contribution in [0.3, 0.4) is 0 Å². The molecule has 1 aliphatic heterocycles. The molecule has 0 spiro atoms. The van der Waals surface area contributed by atoms with Crippen molar-refractivity contribution in [3.8, 4) is 10.6 Å². The number of carbonyl (C=O) groups excluding carboxylic acids is 3. The molecule has 0 aliphatic carbocycles. The summed E-state index contributed by atoms with van der Waals surface area (Å²) in [6, 6.07) is 5.73. The molecule has 1 aliphatic rings. The largest absolute Gasteiger partial charge is 0.451 e. The lowest BCUT2D eigenvalue weighted by Gasteiger charge is -2.12. The highest BCUT2D eigenvalue weighted by molar-refractivity contribution is 7.13. The molecule has 24 heavy (non-hydrogen) atoms. The second kappa shape index (κ2) is 6.88. The number of benzene rings is 1. The highest BCUT2D eigenvalue weighted by Gasteiger charge is 2.27. The number of imide groups is 1. The molecule has 6 nitrogen and oxygen atoms in total. The Bertz CT molecular complexity index is 788. The summed E-state index contributed by atoms with van der Waals surface area (Å²) in [6.45, 7) is -0.130. The Hall–Kier alpha value is -2.61. The number of amides is 2. The number of esters is 1. The molecule has 0 saturated carbocycles. The average Bonchev–Trinajstić information content (AvgIpc) is 3.22.